The number of anilines is 1. The Morgan fingerprint density at radius 3 is 2.63 bits per heavy atom. The number of carbonyl (C=O) groups is 2. The zero-order valence-electron chi connectivity index (χ0n) is 10.6. The van der Waals surface area contributed by atoms with Crippen LogP contribution in [0.4, 0.5) is 10.1 Å². The first-order valence-corrected chi connectivity index (χ1v) is 6.46. The Hall–Kier alpha value is -1.62. The number of benzene rings is 1. The number of rotatable bonds is 5. The van der Waals surface area contributed by atoms with Gasteiger partial charge < -0.3 is 10.6 Å². The maximum Gasteiger partial charge on any atom is 0.313 e. The first-order valence-electron chi connectivity index (χ1n) is 6.08. The number of halogens is 2. The molecule has 1 rings (SSSR count). The summed E-state index contributed by atoms with van der Waals surface area (Å²) in [6.45, 7) is 2.47. The van der Waals surface area contributed by atoms with Crippen LogP contribution in [0.2, 0.25) is 5.02 Å². The normalized spacial score (nSPS) is 10.1. The van der Waals surface area contributed by atoms with Crippen LogP contribution in [-0.4, -0.2) is 18.4 Å². The molecular weight excluding hydrogens is 271 g/mol. The van der Waals surface area contributed by atoms with Crippen molar-refractivity contribution in [2.75, 3.05) is 11.9 Å². The summed E-state index contributed by atoms with van der Waals surface area (Å²) in [4.78, 5) is 22.9. The second-order valence-electron chi connectivity index (χ2n) is 4.04. The molecule has 0 atom stereocenters. The Morgan fingerprint density at radius 2 is 2.00 bits per heavy atom. The number of unbranched alkanes of at least 4 members (excludes halogenated alkanes) is 2. The van der Waals surface area contributed by atoms with Crippen molar-refractivity contribution in [2.24, 2.45) is 0 Å². The summed E-state index contributed by atoms with van der Waals surface area (Å²) in [6.07, 6.45) is 2.82. The van der Waals surface area contributed by atoms with E-state index in [2.05, 4.69) is 10.6 Å². The lowest BCUT2D eigenvalue weighted by molar-refractivity contribution is -0.136. The van der Waals surface area contributed by atoms with Crippen LogP contribution in [0.3, 0.4) is 0 Å². The van der Waals surface area contributed by atoms with Crippen LogP contribution in [0.15, 0.2) is 18.2 Å². The molecule has 0 aromatic heterocycles. The molecule has 0 saturated heterocycles. The predicted molar refractivity (Wildman–Crippen MR) is 72.6 cm³/mol. The highest BCUT2D eigenvalue weighted by molar-refractivity contribution is 6.39. The Kier molecular flexibility index (Phi) is 6.29. The predicted octanol–water partition coefficient (Wildman–Crippen LogP) is 2.72. The SMILES string of the molecule is CCCCCNC(=O)C(=O)Nc1ccc(Cl)cc1F. The lowest BCUT2D eigenvalue weighted by atomic mass is 10.2. The van der Waals surface area contributed by atoms with Crippen LogP contribution in [0.25, 0.3) is 0 Å². The zero-order chi connectivity index (χ0) is 14.3. The topological polar surface area (TPSA) is 58.2 Å². The average Bonchev–Trinajstić information content (AvgIpc) is 2.37. The highest BCUT2D eigenvalue weighted by Crippen LogP contribution is 2.18. The summed E-state index contributed by atoms with van der Waals surface area (Å²) in [7, 11) is 0. The van der Waals surface area contributed by atoms with E-state index in [0.717, 1.165) is 25.3 Å². The maximum absolute atomic E-state index is 13.4. The van der Waals surface area contributed by atoms with E-state index >= 15 is 0 Å². The molecule has 0 unspecified atom stereocenters. The van der Waals surface area contributed by atoms with Crippen molar-refractivity contribution in [3.8, 4) is 0 Å². The molecule has 2 N–H and O–H groups in total. The fourth-order valence-corrected chi connectivity index (χ4v) is 1.59. The third-order valence-corrected chi connectivity index (χ3v) is 2.69. The second-order valence-corrected chi connectivity index (χ2v) is 4.48. The van der Waals surface area contributed by atoms with Crippen molar-refractivity contribution in [3.05, 3.63) is 29.0 Å². The van der Waals surface area contributed by atoms with Gasteiger partial charge in [0.15, 0.2) is 0 Å². The smallest absolute Gasteiger partial charge is 0.313 e. The Balaban J connectivity index is 2.47. The number of hydrogen-bond donors (Lipinski definition) is 2. The Morgan fingerprint density at radius 1 is 1.26 bits per heavy atom. The van der Waals surface area contributed by atoms with E-state index in [0.29, 0.717) is 6.54 Å². The molecule has 0 aliphatic carbocycles. The molecule has 1 aromatic rings. The van der Waals surface area contributed by atoms with Crippen molar-refractivity contribution in [2.45, 2.75) is 26.2 Å². The van der Waals surface area contributed by atoms with Crippen LogP contribution in [-0.2, 0) is 9.59 Å². The van der Waals surface area contributed by atoms with Gasteiger partial charge in [-0.3, -0.25) is 9.59 Å². The van der Waals surface area contributed by atoms with Crippen LogP contribution >= 0.6 is 11.6 Å². The quantitative estimate of drug-likeness (QED) is 0.646. The largest absolute Gasteiger partial charge is 0.348 e. The van der Waals surface area contributed by atoms with Crippen molar-refractivity contribution < 1.29 is 14.0 Å². The summed E-state index contributed by atoms with van der Waals surface area (Å²) in [5, 5.41) is 4.88. The summed E-state index contributed by atoms with van der Waals surface area (Å²) in [5.74, 6) is -2.34. The minimum atomic E-state index is -0.891. The first-order chi connectivity index (χ1) is 9.04. The molecule has 0 fully saturated rings. The fraction of sp³-hybridized carbons (Fsp3) is 0.385. The van der Waals surface area contributed by atoms with Gasteiger partial charge in [0.1, 0.15) is 5.82 Å². The number of carbonyl (C=O) groups excluding carboxylic acids is 2. The van der Waals surface area contributed by atoms with Crippen molar-refractivity contribution in [3.63, 3.8) is 0 Å². The van der Waals surface area contributed by atoms with E-state index in [1.807, 2.05) is 6.92 Å². The lowest BCUT2D eigenvalue weighted by Gasteiger charge is -2.07. The maximum atomic E-state index is 13.4. The molecule has 6 heteroatoms. The molecular formula is C13H16ClFN2O2. The molecule has 0 aliphatic heterocycles. The highest BCUT2D eigenvalue weighted by atomic mass is 35.5. The molecule has 19 heavy (non-hydrogen) atoms. The summed E-state index contributed by atoms with van der Waals surface area (Å²) in [5.41, 5.74) is -0.0712. The number of hydrogen-bond acceptors (Lipinski definition) is 2. The molecule has 0 aliphatic rings. The van der Waals surface area contributed by atoms with Crippen LogP contribution in [0.5, 0.6) is 0 Å². The standard InChI is InChI=1S/C13H16ClFN2O2/c1-2-3-4-7-16-12(18)13(19)17-11-6-5-9(14)8-10(11)15/h5-6,8H,2-4,7H2,1H3,(H,16,18)(H,17,19). The average molecular weight is 287 g/mol. The molecule has 4 nitrogen and oxygen atoms in total. The van der Waals surface area contributed by atoms with Gasteiger partial charge in [0, 0.05) is 11.6 Å². The molecule has 0 spiro atoms. The van der Waals surface area contributed by atoms with E-state index in [1.165, 1.54) is 12.1 Å². The van der Waals surface area contributed by atoms with Crippen LogP contribution in [0.1, 0.15) is 26.2 Å². The van der Waals surface area contributed by atoms with Gasteiger partial charge in [-0.05, 0) is 24.6 Å². The highest BCUT2D eigenvalue weighted by Gasteiger charge is 2.14. The minimum absolute atomic E-state index is 0.0712. The fourth-order valence-electron chi connectivity index (χ4n) is 1.43. The van der Waals surface area contributed by atoms with E-state index in [9.17, 15) is 14.0 Å². The summed E-state index contributed by atoms with van der Waals surface area (Å²) in [6, 6.07) is 3.80. The van der Waals surface area contributed by atoms with Gasteiger partial charge in [-0.2, -0.15) is 0 Å². The molecule has 0 radical (unpaired) electrons. The number of amides is 2. The van der Waals surface area contributed by atoms with E-state index in [1.54, 1.807) is 0 Å². The van der Waals surface area contributed by atoms with E-state index < -0.39 is 17.6 Å². The molecule has 104 valence electrons. The van der Waals surface area contributed by atoms with Gasteiger partial charge >= 0.3 is 11.8 Å². The summed E-state index contributed by atoms with van der Waals surface area (Å²) >= 11 is 5.58. The second kappa shape index (κ2) is 7.74. The summed E-state index contributed by atoms with van der Waals surface area (Å²) < 4.78 is 13.4. The monoisotopic (exact) mass is 286 g/mol. The first kappa shape index (κ1) is 15.4. The van der Waals surface area contributed by atoms with E-state index in [4.69, 9.17) is 11.6 Å². The van der Waals surface area contributed by atoms with Crippen LogP contribution in [0, 0.1) is 5.82 Å². The molecule has 0 heterocycles. The Bertz CT molecular complexity index is 466. The van der Waals surface area contributed by atoms with Gasteiger partial charge in [-0.25, -0.2) is 4.39 Å². The van der Waals surface area contributed by atoms with Gasteiger partial charge in [0.05, 0.1) is 5.69 Å². The minimum Gasteiger partial charge on any atom is -0.348 e. The van der Waals surface area contributed by atoms with Gasteiger partial charge in [0.25, 0.3) is 0 Å². The Labute approximate surface area is 116 Å². The number of nitrogens with one attached hydrogen (secondary N) is 2. The molecule has 0 bridgehead atoms. The third kappa shape index (κ3) is 5.26. The third-order valence-electron chi connectivity index (χ3n) is 2.45. The molecule has 1 aromatic carbocycles. The van der Waals surface area contributed by atoms with Gasteiger partial charge in [-0.15, -0.1) is 0 Å². The van der Waals surface area contributed by atoms with Crippen molar-refractivity contribution in [1.29, 1.82) is 0 Å². The zero-order valence-corrected chi connectivity index (χ0v) is 11.4. The van der Waals surface area contributed by atoms with Crippen LogP contribution < -0.4 is 10.6 Å². The van der Waals surface area contributed by atoms with Crippen molar-refractivity contribution >= 4 is 29.1 Å². The van der Waals surface area contributed by atoms with Gasteiger partial charge in [0.2, 0.25) is 0 Å². The molecule has 2 amide bonds. The van der Waals surface area contributed by atoms with Gasteiger partial charge in [-0.1, -0.05) is 31.4 Å². The molecule has 0 saturated carbocycles. The van der Waals surface area contributed by atoms with E-state index in [-0.39, 0.29) is 10.7 Å². The lowest BCUT2D eigenvalue weighted by Crippen LogP contribution is -2.36. The van der Waals surface area contributed by atoms with Crippen molar-refractivity contribution in [1.82, 2.24) is 5.32 Å².